The molecule has 1 aromatic carbocycles. The monoisotopic (exact) mass is 379 g/mol. The zero-order chi connectivity index (χ0) is 19.3. The van der Waals surface area contributed by atoms with Crippen molar-refractivity contribution in [2.75, 3.05) is 31.9 Å². The smallest absolute Gasteiger partial charge is 0.164 e. The zero-order valence-corrected chi connectivity index (χ0v) is 15.5. The molecule has 28 heavy (non-hydrogen) atoms. The normalized spacial score (nSPS) is 15.5. The van der Waals surface area contributed by atoms with E-state index < -0.39 is 0 Å². The first-order valence-electron chi connectivity index (χ1n) is 9.18. The number of nitrogens with two attached hydrogens (primary N) is 2. The van der Waals surface area contributed by atoms with Crippen LogP contribution in [0.2, 0.25) is 0 Å². The molecule has 0 bridgehead atoms. The molecule has 5 rings (SSSR count). The van der Waals surface area contributed by atoms with Gasteiger partial charge in [0.15, 0.2) is 5.65 Å². The molecule has 0 amide bonds. The Bertz CT molecular complexity index is 1170. The second-order valence-electron chi connectivity index (χ2n) is 6.92. The fourth-order valence-electron chi connectivity index (χ4n) is 3.87. The maximum atomic E-state index is 6.43. The van der Waals surface area contributed by atoms with Gasteiger partial charge in [0.25, 0.3) is 0 Å². The van der Waals surface area contributed by atoms with Crippen LogP contribution in [0.5, 0.6) is 5.75 Å². The van der Waals surface area contributed by atoms with Gasteiger partial charge in [0.2, 0.25) is 0 Å². The molecule has 1 saturated heterocycles. The van der Waals surface area contributed by atoms with E-state index in [9.17, 15) is 0 Å². The molecule has 0 spiro atoms. The largest absolute Gasteiger partial charge is 0.497 e. The maximum Gasteiger partial charge on any atom is 0.164 e. The molecule has 4 aromatic rings. The Kier molecular flexibility index (Phi) is 3.83. The summed E-state index contributed by atoms with van der Waals surface area (Å²) < 4.78 is 14.4. The summed E-state index contributed by atoms with van der Waals surface area (Å²) in [6.45, 7) is 1.41. The first-order valence-corrected chi connectivity index (χ1v) is 9.18. The van der Waals surface area contributed by atoms with Gasteiger partial charge in [-0.25, -0.2) is 14.6 Å². The van der Waals surface area contributed by atoms with Crippen LogP contribution < -0.4 is 16.3 Å². The second kappa shape index (κ2) is 6.38. The van der Waals surface area contributed by atoms with Crippen molar-refractivity contribution in [1.29, 1.82) is 0 Å². The van der Waals surface area contributed by atoms with Gasteiger partial charge in [-0.1, -0.05) is 0 Å². The maximum absolute atomic E-state index is 6.43. The standard InChI is InChI=1S/C19H21N7O2/c1-27-13-3-2-11-8-15(25(21)14(11)9-13)17-16-18(20)22-10-23-19(16)26(24-17)12-4-6-28-7-5-12/h2-3,8-10,12H,4-7,21H2,1H3,(H2,20,22,23). The Hall–Kier alpha value is -3.33. The molecule has 1 fully saturated rings. The predicted molar refractivity (Wildman–Crippen MR) is 106 cm³/mol. The first-order chi connectivity index (χ1) is 13.7. The van der Waals surface area contributed by atoms with E-state index in [2.05, 4.69) is 9.97 Å². The lowest BCUT2D eigenvalue weighted by molar-refractivity contribution is 0.0674. The molecule has 3 aromatic heterocycles. The highest BCUT2D eigenvalue weighted by Crippen LogP contribution is 2.36. The molecule has 4 heterocycles. The van der Waals surface area contributed by atoms with Crippen molar-refractivity contribution in [1.82, 2.24) is 24.4 Å². The van der Waals surface area contributed by atoms with Gasteiger partial charge in [-0.05, 0) is 31.0 Å². The fourth-order valence-corrected chi connectivity index (χ4v) is 3.87. The van der Waals surface area contributed by atoms with Crippen molar-refractivity contribution in [3.63, 3.8) is 0 Å². The number of aromatic nitrogens is 5. The first kappa shape index (κ1) is 16.8. The highest BCUT2D eigenvalue weighted by atomic mass is 16.5. The second-order valence-corrected chi connectivity index (χ2v) is 6.92. The van der Waals surface area contributed by atoms with Crippen LogP contribution in [0.1, 0.15) is 18.9 Å². The molecule has 0 saturated carbocycles. The quantitative estimate of drug-likeness (QED) is 0.523. The molecule has 144 valence electrons. The van der Waals surface area contributed by atoms with Crippen LogP contribution in [0.4, 0.5) is 5.82 Å². The Morgan fingerprint density at radius 3 is 2.79 bits per heavy atom. The molecule has 1 aliphatic heterocycles. The van der Waals surface area contributed by atoms with E-state index in [1.54, 1.807) is 11.8 Å². The minimum Gasteiger partial charge on any atom is -0.497 e. The molecule has 4 N–H and O–H groups in total. The lowest BCUT2D eigenvalue weighted by Crippen LogP contribution is -2.20. The summed E-state index contributed by atoms with van der Waals surface area (Å²) in [4.78, 5) is 8.65. The summed E-state index contributed by atoms with van der Waals surface area (Å²) in [7, 11) is 1.63. The number of nitrogen functional groups attached to an aromatic ring is 2. The van der Waals surface area contributed by atoms with Crippen LogP contribution in [-0.2, 0) is 4.74 Å². The third kappa shape index (κ3) is 2.47. The van der Waals surface area contributed by atoms with Crippen molar-refractivity contribution in [3.05, 3.63) is 30.6 Å². The average Bonchev–Trinajstić information content (AvgIpc) is 3.27. The number of anilines is 1. The molecule has 1 aliphatic rings. The zero-order valence-electron chi connectivity index (χ0n) is 15.5. The number of methoxy groups -OCH3 is 1. The third-order valence-corrected chi connectivity index (χ3v) is 5.35. The number of benzene rings is 1. The van der Waals surface area contributed by atoms with Gasteiger partial charge in [0.1, 0.15) is 23.6 Å². The molecule has 0 unspecified atom stereocenters. The summed E-state index contributed by atoms with van der Waals surface area (Å²) in [5, 5.41) is 6.60. The number of fused-ring (bicyclic) bond motifs is 2. The number of nitrogens with zero attached hydrogens (tertiary/aromatic N) is 5. The average molecular weight is 379 g/mol. The number of hydrogen-bond acceptors (Lipinski definition) is 7. The van der Waals surface area contributed by atoms with E-state index >= 15 is 0 Å². The molecular formula is C19H21N7O2. The molecular weight excluding hydrogens is 358 g/mol. The summed E-state index contributed by atoms with van der Waals surface area (Å²) in [6.07, 6.45) is 3.23. The van der Waals surface area contributed by atoms with Crippen LogP contribution in [0.15, 0.2) is 30.6 Å². The highest BCUT2D eigenvalue weighted by Gasteiger charge is 2.25. The van der Waals surface area contributed by atoms with E-state index in [4.69, 9.17) is 26.1 Å². The molecule has 0 radical (unpaired) electrons. The fraction of sp³-hybridized carbons (Fsp3) is 0.316. The molecule has 9 heteroatoms. The van der Waals surface area contributed by atoms with Gasteiger partial charge in [-0.2, -0.15) is 5.10 Å². The van der Waals surface area contributed by atoms with Crippen LogP contribution in [0.25, 0.3) is 33.3 Å². The van der Waals surface area contributed by atoms with Crippen LogP contribution in [0.3, 0.4) is 0 Å². The Morgan fingerprint density at radius 1 is 1.18 bits per heavy atom. The van der Waals surface area contributed by atoms with E-state index in [1.165, 1.54) is 6.33 Å². The van der Waals surface area contributed by atoms with E-state index in [0.717, 1.165) is 46.2 Å². The Balaban J connectivity index is 1.75. The number of ether oxygens (including phenoxy) is 2. The summed E-state index contributed by atoms with van der Waals surface area (Å²) in [5.41, 5.74) is 9.22. The molecule has 0 aliphatic carbocycles. The molecule has 0 atom stereocenters. The SMILES string of the molecule is COc1ccc2cc(-c3nn(C4CCOCC4)c4ncnc(N)c34)n(N)c2c1. The summed E-state index contributed by atoms with van der Waals surface area (Å²) in [5.74, 6) is 7.56. The minimum atomic E-state index is 0.204. The van der Waals surface area contributed by atoms with Crippen molar-refractivity contribution < 1.29 is 9.47 Å². The molecule has 9 nitrogen and oxygen atoms in total. The summed E-state index contributed by atoms with van der Waals surface area (Å²) >= 11 is 0. The van der Waals surface area contributed by atoms with E-state index in [1.807, 2.05) is 28.9 Å². The lowest BCUT2D eigenvalue weighted by atomic mass is 10.1. The minimum absolute atomic E-state index is 0.204. The van der Waals surface area contributed by atoms with Crippen LogP contribution in [0, 0.1) is 0 Å². The third-order valence-electron chi connectivity index (χ3n) is 5.35. The van der Waals surface area contributed by atoms with E-state index in [0.29, 0.717) is 24.7 Å². The topological polar surface area (TPSA) is 119 Å². The number of rotatable bonds is 3. The predicted octanol–water partition coefficient (Wildman–Crippen LogP) is 2.10. The number of hydrogen-bond donors (Lipinski definition) is 2. The van der Waals surface area contributed by atoms with Crippen LogP contribution >= 0.6 is 0 Å². The highest BCUT2D eigenvalue weighted by molar-refractivity contribution is 6.00. The van der Waals surface area contributed by atoms with E-state index in [-0.39, 0.29) is 6.04 Å². The van der Waals surface area contributed by atoms with Gasteiger partial charge >= 0.3 is 0 Å². The Labute approximate surface area is 160 Å². The summed E-state index contributed by atoms with van der Waals surface area (Å²) in [6, 6.07) is 7.98. The van der Waals surface area contributed by atoms with Crippen molar-refractivity contribution in [2.45, 2.75) is 18.9 Å². The van der Waals surface area contributed by atoms with Gasteiger partial charge in [0, 0.05) is 24.7 Å². The van der Waals surface area contributed by atoms with Crippen molar-refractivity contribution >= 4 is 27.8 Å². The van der Waals surface area contributed by atoms with Gasteiger partial charge in [-0.3, -0.25) is 4.68 Å². The van der Waals surface area contributed by atoms with Gasteiger partial charge < -0.3 is 21.1 Å². The van der Waals surface area contributed by atoms with Crippen LogP contribution in [-0.4, -0.2) is 44.7 Å². The van der Waals surface area contributed by atoms with Crippen molar-refractivity contribution in [2.24, 2.45) is 0 Å². The lowest BCUT2D eigenvalue weighted by Gasteiger charge is -2.22. The Morgan fingerprint density at radius 2 is 2.00 bits per heavy atom. The van der Waals surface area contributed by atoms with Gasteiger partial charge in [-0.15, -0.1) is 0 Å². The van der Waals surface area contributed by atoms with Crippen molar-refractivity contribution in [3.8, 4) is 17.1 Å². The van der Waals surface area contributed by atoms with Gasteiger partial charge in [0.05, 0.1) is 29.7 Å².